The highest BCUT2D eigenvalue weighted by Gasteiger charge is 2.33. The lowest BCUT2D eigenvalue weighted by Crippen LogP contribution is -2.21. The molecule has 13 heteroatoms. The molecule has 0 amide bonds. The van der Waals surface area contributed by atoms with E-state index in [1.54, 1.807) is 31.2 Å². The van der Waals surface area contributed by atoms with E-state index >= 15 is 0 Å². The van der Waals surface area contributed by atoms with Crippen molar-refractivity contribution in [2.75, 3.05) is 0 Å². The molecule has 0 unspecified atom stereocenters. The summed E-state index contributed by atoms with van der Waals surface area (Å²) >= 11 is 3.32. The Labute approximate surface area is 410 Å². The molecule has 5 rings (SSSR count). The average Bonchev–Trinajstić information content (AvgIpc) is 3.27. The Morgan fingerprint density at radius 3 is 1.06 bits per heavy atom. The molecule has 0 aromatic heterocycles. The molecule has 0 aliphatic heterocycles. The monoisotopic (exact) mass is 1020 g/mol. The van der Waals surface area contributed by atoms with E-state index in [1.165, 1.54) is 43.2 Å². The van der Waals surface area contributed by atoms with Crippen molar-refractivity contribution in [3.05, 3.63) is 128 Å². The van der Waals surface area contributed by atoms with Gasteiger partial charge in [0.25, 0.3) is 0 Å². The lowest BCUT2D eigenvalue weighted by Gasteiger charge is -2.25. The van der Waals surface area contributed by atoms with Gasteiger partial charge in [0.05, 0.1) is 4.47 Å². The summed E-state index contributed by atoms with van der Waals surface area (Å²) in [7, 11) is 0. The minimum absolute atomic E-state index is 0.0426. The average molecular weight is 1020 g/mol. The van der Waals surface area contributed by atoms with Crippen molar-refractivity contribution < 1.29 is 58.4 Å². The van der Waals surface area contributed by atoms with Crippen molar-refractivity contribution in [2.45, 2.75) is 163 Å². The Bertz CT molecular complexity index is 2300. The van der Waals surface area contributed by atoms with Gasteiger partial charge in [-0.2, -0.15) is 8.78 Å². The maximum Gasteiger partial charge on any atom is 0.203 e. The van der Waals surface area contributed by atoms with Crippen molar-refractivity contribution in [1.29, 1.82) is 0 Å². The fraction of sp³-hybridized carbons (Fsp3) is 0.455. The normalized spacial score (nSPS) is 11.7. The van der Waals surface area contributed by atoms with Crippen LogP contribution in [-0.2, 0) is 27.1 Å². The van der Waals surface area contributed by atoms with Crippen LogP contribution in [0.5, 0.6) is 46.0 Å². The standard InChI is InChI=1S/C11H15BrO.C11H12F4O.C11H16O3.C11H16O2.C11H16O/c1-4-11(2,3)8-5-6-10(13)9(12)7-8;1-4-11(2,3)5-6(12)8(14)10(16)9(15)7(5)13;1-4-11(2,3)10-8(13)5-7(12)6-9(10)14;1-4-11(2,3)8-5-6-9(12)10(13)7-8;1-4-11(2,3)9-5-7-10(12)8-6-9/h5-7,13H,4H2,1-3H3;16H,4H2,1-3H3;5-6,12-14H,4H2,1-3H3;5-7,12-13H,4H2,1-3H3;5-8,12H,4H2,1-3H3. The molecule has 68 heavy (non-hydrogen) atoms. The van der Waals surface area contributed by atoms with Gasteiger partial charge in [0.15, 0.2) is 28.9 Å². The Hall–Kier alpha value is -5.30. The topological polar surface area (TPSA) is 162 Å². The molecule has 0 aliphatic rings. The van der Waals surface area contributed by atoms with Gasteiger partial charge >= 0.3 is 0 Å². The number of halogens is 5. The van der Waals surface area contributed by atoms with Crippen LogP contribution in [0.25, 0.3) is 0 Å². The molecule has 5 aromatic carbocycles. The van der Waals surface area contributed by atoms with E-state index in [4.69, 9.17) is 20.4 Å². The third kappa shape index (κ3) is 16.2. The molecule has 0 atom stereocenters. The zero-order valence-corrected chi connectivity index (χ0v) is 44.0. The van der Waals surface area contributed by atoms with Gasteiger partial charge in [0.2, 0.25) is 11.6 Å². The van der Waals surface area contributed by atoms with Crippen LogP contribution < -0.4 is 0 Å². The van der Waals surface area contributed by atoms with Crippen LogP contribution in [0.4, 0.5) is 17.6 Å². The van der Waals surface area contributed by atoms with E-state index in [0.717, 1.165) is 35.7 Å². The lowest BCUT2D eigenvalue weighted by atomic mass is 9.81. The van der Waals surface area contributed by atoms with E-state index in [0.29, 0.717) is 23.5 Å². The van der Waals surface area contributed by atoms with Gasteiger partial charge in [0, 0.05) is 23.3 Å². The Morgan fingerprint density at radius 1 is 0.353 bits per heavy atom. The summed E-state index contributed by atoms with van der Waals surface area (Å²) in [5.41, 5.74) is 2.47. The molecule has 0 heterocycles. The van der Waals surface area contributed by atoms with E-state index in [9.17, 15) is 38.0 Å². The van der Waals surface area contributed by atoms with Gasteiger partial charge in [-0.3, -0.25) is 0 Å². The van der Waals surface area contributed by atoms with Crippen LogP contribution in [0.15, 0.2) is 77.3 Å². The molecule has 0 spiro atoms. The highest BCUT2D eigenvalue weighted by Crippen LogP contribution is 2.42. The second-order valence-electron chi connectivity index (χ2n) is 19.9. The second kappa shape index (κ2) is 24.8. The number of aromatic hydroxyl groups is 8. The third-order valence-corrected chi connectivity index (χ3v) is 13.9. The predicted molar refractivity (Wildman–Crippen MR) is 270 cm³/mol. The van der Waals surface area contributed by atoms with Crippen LogP contribution in [0.3, 0.4) is 0 Å². The van der Waals surface area contributed by atoms with Crippen molar-refractivity contribution in [3.8, 4) is 46.0 Å². The first-order valence-electron chi connectivity index (χ1n) is 22.7. The van der Waals surface area contributed by atoms with Crippen molar-refractivity contribution >= 4 is 15.9 Å². The van der Waals surface area contributed by atoms with Crippen LogP contribution in [0, 0.1) is 23.3 Å². The molecule has 8 N–H and O–H groups in total. The van der Waals surface area contributed by atoms with Gasteiger partial charge in [-0.15, -0.1) is 0 Å². The van der Waals surface area contributed by atoms with Crippen LogP contribution in [-0.4, -0.2) is 40.9 Å². The molecule has 8 nitrogen and oxygen atoms in total. The minimum Gasteiger partial charge on any atom is -0.508 e. The Balaban J connectivity index is 0.000000426. The number of phenolic OH excluding ortho intramolecular Hbond substituents is 8. The summed E-state index contributed by atoms with van der Waals surface area (Å²) in [6.07, 6.45) is 4.28. The van der Waals surface area contributed by atoms with Crippen LogP contribution in [0.1, 0.15) is 164 Å². The zero-order chi connectivity index (χ0) is 52.9. The second-order valence-corrected chi connectivity index (χ2v) is 20.8. The van der Waals surface area contributed by atoms with Gasteiger partial charge < -0.3 is 40.9 Å². The van der Waals surface area contributed by atoms with Crippen molar-refractivity contribution in [2.24, 2.45) is 0 Å². The maximum absolute atomic E-state index is 13.4. The summed E-state index contributed by atoms with van der Waals surface area (Å²) in [4.78, 5) is 0. The highest BCUT2D eigenvalue weighted by atomic mass is 79.9. The van der Waals surface area contributed by atoms with Gasteiger partial charge in [-0.05, 0) is 128 Å². The van der Waals surface area contributed by atoms with E-state index in [2.05, 4.69) is 78.2 Å². The largest absolute Gasteiger partial charge is 0.508 e. The SMILES string of the molecule is CCC(C)(C)c1c(F)c(F)c(O)c(F)c1F.CCC(C)(C)c1c(O)cc(O)cc1O.CCC(C)(C)c1ccc(O)c(Br)c1.CCC(C)(C)c1ccc(O)c(O)c1.CCC(C)(C)c1ccc(O)cc1. The van der Waals surface area contributed by atoms with Gasteiger partial charge in [-0.1, -0.05) is 128 Å². The maximum atomic E-state index is 13.4. The van der Waals surface area contributed by atoms with E-state index in [-0.39, 0.29) is 50.4 Å². The molecular weight excluding hydrogens is 944 g/mol. The summed E-state index contributed by atoms with van der Waals surface area (Å²) in [6.45, 7) is 29.9. The molecule has 0 radical (unpaired) electrons. The van der Waals surface area contributed by atoms with Gasteiger partial charge in [0.1, 0.15) is 28.7 Å². The van der Waals surface area contributed by atoms with Crippen LogP contribution >= 0.6 is 15.9 Å². The third-order valence-electron chi connectivity index (χ3n) is 13.2. The molecule has 5 aromatic rings. The highest BCUT2D eigenvalue weighted by molar-refractivity contribution is 9.10. The molecular formula is C55H75BrF4O8. The van der Waals surface area contributed by atoms with E-state index < -0.39 is 40.0 Å². The molecule has 0 fully saturated rings. The minimum atomic E-state index is -1.75. The van der Waals surface area contributed by atoms with E-state index in [1.807, 2.05) is 51.1 Å². The number of benzene rings is 5. The fourth-order valence-electron chi connectivity index (χ4n) is 6.26. The zero-order valence-electron chi connectivity index (χ0n) is 42.4. The number of hydrogen-bond acceptors (Lipinski definition) is 8. The molecule has 0 aliphatic carbocycles. The smallest absolute Gasteiger partial charge is 0.203 e. The first-order chi connectivity index (χ1) is 31.1. The number of phenols is 8. The summed E-state index contributed by atoms with van der Waals surface area (Å²) in [5, 5.41) is 74.0. The molecule has 378 valence electrons. The number of hydrogen-bond donors (Lipinski definition) is 8. The fourth-order valence-corrected chi connectivity index (χ4v) is 6.63. The summed E-state index contributed by atoms with van der Waals surface area (Å²) < 4.78 is 53.8. The Morgan fingerprint density at radius 2 is 0.691 bits per heavy atom. The number of rotatable bonds is 10. The summed E-state index contributed by atoms with van der Waals surface area (Å²) in [5.74, 6) is -7.92. The predicted octanol–water partition coefficient (Wildman–Crippen LogP) is 15.8. The first kappa shape index (κ1) is 60.7. The summed E-state index contributed by atoms with van der Waals surface area (Å²) in [6, 6.07) is 20.6. The van der Waals surface area contributed by atoms with Crippen LogP contribution in [0.2, 0.25) is 0 Å². The lowest BCUT2D eigenvalue weighted by molar-refractivity contribution is 0.333. The van der Waals surface area contributed by atoms with Gasteiger partial charge in [-0.25, -0.2) is 8.78 Å². The molecule has 0 saturated heterocycles. The first-order valence-corrected chi connectivity index (χ1v) is 23.5. The quantitative estimate of drug-likeness (QED) is 0.0390. The van der Waals surface area contributed by atoms with Crippen molar-refractivity contribution in [3.63, 3.8) is 0 Å². The molecule has 0 saturated carbocycles. The van der Waals surface area contributed by atoms with Crippen molar-refractivity contribution in [1.82, 2.24) is 0 Å². The molecule has 0 bridgehead atoms. The Kier molecular flexibility index (Phi) is 22.2.